The molecular weight excluding hydrogens is 509 g/mol. The Labute approximate surface area is 224 Å². The molecule has 2 aliphatic rings. The van der Waals surface area contributed by atoms with Crippen molar-refractivity contribution in [1.82, 2.24) is 14.9 Å². The van der Waals surface area contributed by atoms with Crippen LogP contribution in [0.3, 0.4) is 0 Å². The van der Waals surface area contributed by atoms with E-state index in [1.165, 1.54) is 18.3 Å². The predicted molar refractivity (Wildman–Crippen MR) is 141 cm³/mol. The molecule has 0 radical (unpaired) electrons. The minimum atomic E-state index is -4.60. The number of nitrogens with one attached hydrogen (secondary N) is 2. The topological polar surface area (TPSA) is 106 Å². The van der Waals surface area contributed by atoms with Crippen LogP contribution < -0.4 is 15.4 Å². The highest BCUT2D eigenvalue weighted by molar-refractivity contribution is 5.76. The van der Waals surface area contributed by atoms with E-state index < -0.39 is 17.2 Å². The summed E-state index contributed by atoms with van der Waals surface area (Å²) in [6.45, 7) is 3.84. The number of aliphatic hydroxyl groups is 1. The number of likely N-dealkylation sites (tertiary alicyclic amines) is 1. The van der Waals surface area contributed by atoms with Crippen LogP contribution in [0.15, 0.2) is 42.6 Å². The molecule has 8 nitrogen and oxygen atoms in total. The van der Waals surface area contributed by atoms with Crippen LogP contribution in [0.1, 0.15) is 36.5 Å². The first kappa shape index (κ1) is 26.7. The van der Waals surface area contributed by atoms with Crippen molar-refractivity contribution in [3.8, 4) is 23.1 Å². The molecule has 11 heteroatoms. The van der Waals surface area contributed by atoms with Gasteiger partial charge in [0.1, 0.15) is 17.9 Å². The van der Waals surface area contributed by atoms with E-state index in [1.807, 2.05) is 20.0 Å². The van der Waals surface area contributed by atoms with Gasteiger partial charge < -0.3 is 25.4 Å². The number of fused-ring (bicyclic) bond motifs is 1. The molecule has 1 fully saturated rings. The molecule has 1 unspecified atom stereocenters. The minimum Gasteiger partial charge on any atom is -0.490 e. The number of hydrogen-bond acceptors (Lipinski definition) is 8. The molecular formula is C28H29F3N6O2. The summed E-state index contributed by atoms with van der Waals surface area (Å²) in [4.78, 5) is 10.8. The van der Waals surface area contributed by atoms with E-state index in [4.69, 9.17) is 4.74 Å². The van der Waals surface area contributed by atoms with Gasteiger partial charge in [-0.3, -0.25) is 0 Å². The lowest BCUT2D eigenvalue weighted by atomic mass is 9.83. The van der Waals surface area contributed by atoms with Crippen LogP contribution in [0.25, 0.3) is 11.3 Å². The average Bonchev–Trinajstić information content (AvgIpc) is 3.27. The van der Waals surface area contributed by atoms with Gasteiger partial charge in [-0.25, -0.2) is 9.97 Å². The second-order valence-electron chi connectivity index (χ2n) is 10.4. The van der Waals surface area contributed by atoms with Crippen molar-refractivity contribution in [2.75, 3.05) is 43.9 Å². The Bertz CT molecular complexity index is 1420. The van der Waals surface area contributed by atoms with Crippen LogP contribution in [-0.2, 0) is 11.6 Å². The first-order chi connectivity index (χ1) is 18.6. The van der Waals surface area contributed by atoms with Crippen molar-refractivity contribution in [3.05, 3.63) is 59.3 Å². The van der Waals surface area contributed by atoms with Crippen molar-refractivity contribution >= 4 is 17.3 Å². The Morgan fingerprint density at radius 3 is 2.69 bits per heavy atom. The highest BCUT2D eigenvalue weighted by Gasteiger charge is 2.37. The Morgan fingerprint density at radius 1 is 1.23 bits per heavy atom. The second-order valence-corrected chi connectivity index (χ2v) is 10.4. The molecule has 5 rings (SSSR count). The molecule has 0 saturated carbocycles. The average molecular weight is 539 g/mol. The predicted octanol–water partition coefficient (Wildman–Crippen LogP) is 4.93. The maximum absolute atomic E-state index is 13.9. The zero-order valence-corrected chi connectivity index (χ0v) is 21.6. The molecule has 2 aromatic carbocycles. The van der Waals surface area contributed by atoms with Gasteiger partial charge >= 0.3 is 6.18 Å². The summed E-state index contributed by atoms with van der Waals surface area (Å²) in [6, 6.07) is 11.3. The molecule has 0 bridgehead atoms. The third-order valence-electron chi connectivity index (χ3n) is 7.37. The fraction of sp³-hybridized carbons (Fsp3) is 0.393. The third kappa shape index (κ3) is 5.48. The van der Waals surface area contributed by atoms with Crippen molar-refractivity contribution in [3.63, 3.8) is 0 Å². The van der Waals surface area contributed by atoms with Gasteiger partial charge in [-0.05, 0) is 61.9 Å². The normalized spacial score (nSPS) is 19.7. The van der Waals surface area contributed by atoms with E-state index in [2.05, 4.69) is 31.6 Å². The molecule has 3 heterocycles. The monoisotopic (exact) mass is 538 g/mol. The maximum Gasteiger partial charge on any atom is 0.420 e. The van der Waals surface area contributed by atoms with Gasteiger partial charge in [0.25, 0.3) is 0 Å². The van der Waals surface area contributed by atoms with Crippen LogP contribution in [-0.4, -0.2) is 59.4 Å². The third-order valence-corrected chi connectivity index (χ3v) is 7.37. The molecule has 3 aromatic rings. The summed E-state index contributed by atoms with van der Waals surface area (Å²) in [6.07, 6.45) is -2.05. The number of alkyl halides is 3. The fourth-order valence-electron chi connectivity index (χ4n) is 4.99. The minimum absolute atomic E-state index is 0.100. The van der Waals surface area contributed by atoms with Crippen molar-refractivity contribution in [2.24, 2.45) is 0 Å². The highest BCUT2D eigenvalue weighted by Crippen LogP contribution is 2.42. The summed E-state index contributed by atoms with van der Waals surface area (Å²) in [5, 5.41) is 25.7. The molecule has 0 spiro atoms. The van der Waals surface area contributed by atoms with Crippen LogP contribution in [0.5, 0.6) is 5.75 Å². The number of nitrogens with zero attached hydrogens (tertiary/aromatic N) is 4. The SMILES string of the molecule is CN1CCC(Oc2ccc(Nc3nccc(-c4cc(C#N)c5c(c4)C(C)(CO)CN5)n3)cc2C(F)(F)F)CC1. The van der Waals surface area contributed by atoms with Crippen LogP contribution in [0, 0.1) is 11.3 Å². The van der Waals surface area contributed by atoms with Gasteiger partial charge in [0.2, 0.25) is 5.95 Å². The van der Waals surface area contributed by atoms with E-state index in [1.54, 1.807) is 12.1 Å². The molecule has 3 N–H and O–H groups in total. The number of hydrogen-bond donors (Lipinski definition) is 3. The molecule has 1 saturated heterocycles. The van der Waals surface area contributed by atoms with Gasteiger partial charge in [-0.1, -0.05) is 6.92 Å². The van der Waals surface area contributed by atoms with E-state index in [-0.39, 0.29) is 30.1 Å². The summed E-state index contributed by atoms with van der Waals surface area (Å²) in [5.41, 5.74) is 1.78. The van der Waals surface area contributed by atoms with Crippen molar-refractivity contribution in [1.29, 1.82) is 5.26 Å². The number of piperidine rings is 1. The zero-order chi connectivity index (χ0) is 27.8. The Hall–Kier alpha value is -3.88. The maximum atomic E-state index is 13.9. The van der Waals surface area contributed by atoms with E-state index in [9.17, 15) is 23.5 Å². The molecule has 1 atom stereocenters. The van der Waals surface area contributed by atoms with Crippen molar-refractivity contribution < 1.29 is 23.0 Å². The Morgan fingerprint density at radius 2 is 2.00 bits per heavy atom. The van der Waals surface area contributed by atoms with Crippen LogP contribution >= 0.6 is 0 Å². The first-order valence-corrected chi connectivity index (χ1v) is 12.7. The Balaban J connectivity index is 1.42. The number of rotatable bonds is 6. The number of aliphatic hydroxyl groups excluding tert-OH is 1. The van der Waals surface area contributed by atoms with Gasteiger partial charge in [0.05, 0.1) is 29.1 Å². The lowest BCUT2D eigenvalue weighted by Crippen LogP contribution is -2.36. The number of ether oxygens (including phenoxy) is 1. The zero-order valence-electron chi connectivity index (χ0n) is 21.6. The van der Waals surface area contributed by atoms with Crippen LogP contribution in [0.2, 0.25) is 0 Å². The van der Waals surface area contributed by atoms with Gasteiger partial charge in [0, 0.05) is 42.5 Å². The van der Waals surface area contributed by atoms with Gasteiger partial charge in [-0.15, -0.1) is 0 Å². The van der Waals surface area contributed by atoms with E-state index in [0.29, 0.717) is 41.9 Å². The molecule has 0 amide bonds. The number of nitriles is 1. The first-order valence-electron chi connectivity index (χ1n) is 12.7. The summed E-state index contributed by atoms with van der Waals surface area (Å²) >= 11 is 0. The second kappa shape index (κ2) is 10.4. The van der Waals surface area contributed by atoms with Gasteiger partial charge in [-0.2, -0.15) is 18.4 Å². The summed E-state index contributed by atoms with van der Waals surface area (Å²) in [7, 11) is 1.98. The summed E-state index contributed by atoms with van der Waals surface area (Å²) < 4.78 is 47.6. The van der Waals surface area contributed by atoms with E-state index >= 15 is 0 Å². The number of aromatic nitrogens is 2. The largest absolute Gasteiger partial charge is 0.490 e. The standard InChI is InChI=1S/C28H29F3N6O2/c1-27(16-38)15-34-25-18(14-32)11-17(12-22(25)27)23-5-8-33-26(36-23)35-19-3-4-24(21(13-19)28(29,30)31)39-20-6-9-37(2)10-7-20/h3-5,8,11-13,20,34,38H,6-7,9-10,15-16H2,1-2H3,(H,33,35,36). The molecule has 204 valence electrons. The highest BCUT2D eigenvalue weighted by atomic mass is 19.4. The lowest BCUT2D eigenvalue weighted by molar-refractivity contribution is -0.139. The molecule has 1 aromatic heterocycles. The van der Waals surface area contributed by atoms with Gasteiger partial charge in [0.15, 0.2) is 0 Å². The number of benzene rings is 2. The number of anilines is 3. The molecule has 0 aliphatic carbocycles. The summed E-state index contributed by atoms with van der Waals surface area (Å²) in [5.74, 6) is -0.0911. The number of halogens is 3. The Kier molecular flexibility index (Phi) is 7.09. The quantitative estimate of drug-likeness (QED) is 0.406. The van der Waals surface area contributed by atoms with E-state index in [0.717, 1.165) is 24.7 Å². The van der Waals surface area contributed by atoms with Crippen LogP contribution in [0.4, 0.5) is 30.5 Å². The lowest BCUT2D eigenvalue weighted by Gasteiger charge is -2.30. The van der Waals surface area contributed by atoms with Crippen molar-refractivity contribution in [2.45, 2.75) is 37.5 Å². The molecule has 39 heavy (non-hydrogen) atoms. The fourth-order valence-corrected chi connectivity index (χ4v) is 4.99. The smallest absolute Gasteiger partial charge is 0.420 e. The molecule has 2 aliphatic heterocycles.